The van der Waals surface area contributed by atoms with E-state index in [9.17, 15) is 14.4 Å². The predicted octanol–water partition coefficient (Wildman–Crippen LogP) is 3.22. The van der Waals surface area contributed by atoms with Crippen molar-refractivity contribution in [1.29, 1.82) is 0 Å². The Hall–Kier alpha value is -3.19. The lowest BCUT2D eigenvalue weighted by Gasteiger charge is -2.16. The zero-order valence-electron chi connectivity index (χ0n) is 18.0. The van der Waals surface area contributed by atoms with Crippen LogP contribution in [0.3, 0.4) is 0 Å². The number of carbonyl (C=O) groups is 3. The molecule has 3 amide bonds. The second-order valence-electron chi connectivity index (χ2n) is 7.84. The quantitative estimate of drug-likeness (QED) is 0.606. The van der Waals surface area contributed by atoms with Crippen LogP contribution < -0.4 is 15.5 Å². The largest absolute Gasteiger partial charge is 0.379 e. The van der Waals surface area contributed by atoms with E-state index in [2.05, 4.69) is 10.6 Å². The normalized spacial score (nSPS) is 15.9. The molecule has 1 fully saturated rings. The fraction of sp³-hybridized carbons (Fsp3) is 0.375. The molecule has 3 rings (SSSR count). The Morgan fingerprint density at radius 1 is 1.10 bits per heavy atom. The molecular formula is C24H29N3O4. The summed E-state index contributed by atoms with van der Waals surface area (Å²) in [5.74, 6) is -0.836. The van der Waals surface area contributed by atoms with Gasteiger partial charge in [0.15, 0.2) is 0 Å². The molecule has 1 heterocycles. The van der Waals surface area contributed by atoms with Crippen molar-refractivity contribution in [3.05, 3.63) is 60.2 Å². The van der Waals surface area contributed by atoms with Gasteiger partial charge in [-0.15, -0.1) is 0 Å². The van der Waals surface area contributed by atoms with Crippen molar-refractivity contribution in [3.63, 3.8) is 0 Å². The summed E-state index contributed by atoms with van der Waals surface area (Å²) in [6.45, 7) is 5.45. The number of anilines is 2. The predicted molar refractivity (Wildman–Crippen MR) is 120 cm³/mol. The number of hydrogen-bond donors (Lipinski definition) is 2. The number of nitrogens with one attached hydrogen (secondary N) is 2. The lowest BCUT2D eigenvalue weighted by molar-refractivity contribution is -0.122. The van der Waals surface area contributed by atoms with E-state index in [0.717, 1.165) is 12.1 Å². The minimum Gasteiger partial charge on any atom is -0.379 e. The summed E-state index contributed by atoms with van der Waals surface area (Å²) in [7, 11) is 0. The third-order valence-corrected chi connectivity index (χ3v) is 5.04. The van der Waals surface area contributed by atoms with Crippen LogP contribution in [0.15, 0.2) is 54.6 Å². The van der Waals surface area contributed by atoms with Gasteiger partial charge in [0, 0.05) is 43.1 Å². The standard InChI is InChI=1S/C24H29N3O4/c1-17(2)31-14-6-13-25-23(29)18-9-11-20(12-10-18)26-24(30)19-15-22(28)27(16-19)21-7-4-3-5-8-21/h3-5,7-12,17,19H,6,13-16H2,1-2H3,(H,25,29)(H,26,30). The molecule has 0 radical (unpaired) electrons. The van der Waals surface area contributed by atoms with Crippen molar-refractivity contribution in [2.45, 2.75) is 32.8 Å². The average molecular weight is 424 g/mol. The minimum atomic E-state index is -0.413. The number of ether oxygens (including phenoxy) is 1. The maximum absolute atomic E-state index is 12.6. The molecule has 1 atom stereocenters. The van der Waals surface area contributed by atoms with Crippen LogP contribution in [0.5, 0.6) is 0 Å². The highest BCUT2D eigenvalue weighted by molar-refractivity contribution is 6.03. The fourth-order valence-electron chi connectivity index (χ4n) is 3.39. The van der Waals surface area contributed by atoms with Gasteiger partial charge in [-0.05, 0) is 56.7 Å². The van der Waals surface area contributed by atoms with E-state index in [1.165, 1.54) is 0 Å². The van der Waals surface area contributed by atoms with Gasteiger partial charge in [-0.25, -0.2) is 0 Å². The SMILES string of the molecule is CC(C)OCCCNC(=O)c1ccc(NC(=O)C2CC(=O)N(c3ccccc3)C2)cc1. The summed E-state index contributed by atoms with van der Waals surface area (Å²) in [6.07, 6.45) is 1.11. The summed E-state index contributed by atoms with van der Waals surface area (Å²) in [5.41, 5.74) is 1.92. The smallest absolute Gasteiger partial charge is 0.251 e. The first kappa shape index (κ1) is 22.5. The summed E-state index contributed by atoms with van der Waals surface area (Å²) in [6, 6.07) is 16.1. The Morgan fingerprint density at radius 2 is 1.81 bits per heavy atom. The summed E-state index contributed by atoms with van der Waals surface area (Å²) in [4.78, 5) is 38.8. The highest BCUT2D eigenvalue weighted by Crippen LogP contribution is 2.25. The first-order chi connectivity index (χ1) is 14.9. The van der Waals surface area contributed by atoms with Crippen LogP contribution in [-0.4, -0.2) is 43.5 Å². The van der Waals surface area contributed by atoms with E-state index in [4.69, 9.17) is 4.74 Å². The molecule has 1 saturated heterocycles. The second-order valence-corrected chi connectivity index (χ2v) is 7.84. The van der Waals surface area contributed by atoms with Crippen molar-refractivity contribution in [2.75, 3.05) is 29.9 Å². The zero-order valence-corrected chi connectivity index (χ0v) is 18.0. The molecule has 7 nitrogen and oxygen atoms in total. The van der Waals surface area contributed by atoms with Crippen LogP contribution in [-0.2, 0) is 14.3 Å². The van der Waals surface area contributed by atoms with Crippen molar-refractivity contribution < 1.29 is 19.1 Å². The van der Waals surface area contributed by atoms with Crippen LogP contribution in [0.4, 0.5) is 11.4 Å². The minimum absolute atomic E-state index is 0.0582. The maximum atomic E-state index is 12.6. The molecule has 2 N–H and O–H groups in total. The molecule has 0 aliphatic carbocycles. The molecule has 0 bridgehead atoms. The molecule has 2 aromatic carbocycles. The van der Waals surface area contributed by atoms with Gasteiger partial charge < -0.3 is 20.3 Å². The Bertz CT molecular complexity index is 897. The Balaban J connectivity index is 1.48. The number of amides is 3. The molecule has 0 aromatic heterocycles. The van der Waals surface area contributed by atoms with Gasteiger partial charge in [0.1, 0.15) is 0 Å². The molecule has 1 unspecified atom stereocenters. The summed E-state index contributed by atoms with van der Waals surface area (Å²) in [5, 5.41) is 5.70. The monoisotopic (exact) mass is 423 g/mol. The molecule has 2 aromatic rings. The molecule has 31 heavy (non-hydrogen) atoms. The van der Waals surface area contributed by atoms with Gasteiger partial charge in [-0.3, -0.25) is 14.4 Å². The zero-order chi connectivity index (χ0) is 22.2. The third kappa shape index (κ3) is 6.39. The Kier molecular flexibility index (Phi) is 7.78. The molecule has 0 spiro atoms. The molecule has 1 aliphatic rings. The van der Waals surface area contributed by atoms with Crippen LogP contribution >= 0.6 is 0 Å². The average Bonchev–Trinajstić information content (AvgIpc) is 3.16. The number of para-hydroxylation sites is 1. The van der Waals surface area contributed by atoms with Crippen LogP contribution in [0, 0.1) is 5.92 Å². The Labute approximate surface area is 182 Å². The lowest BCUT2D eigenvalue weighted by Crippen LogP contribution is -2.28. The molecular weight excluding hydrogens is 394 g/mol. The first-order valence-electron chi connectivity index (χ1n) is 10.6. The molecule has 7 heteroatoms. The number of hydrogen-bond acceptors (Lipinski definition) is 4. The van der Waals surface area contributed by atoms with E-state index in [1.807, 2.05) is 44.2 Å². The summed E-state index contributed by atoms with van der Waals surface area (Å²) < 4.78 is 5.45. The van der Waals surface area contributed by atoms with Gasteiger partial charge >= 0.3 is 0 Å². The number of nitrogens with zero attached hydrogens (tertiary/aromatic N) is 1. The molecule has 1 aliphatic heterocycles. The van der Waals surface area contributed by atoms with E-state index in [-0.39, 0.29) is 30.2 Å². The van der Waals surface area contributed by atoms with Crippen molar-refractivity contribution >= 4 is 29.1 Å². The van der Waals surface area contributed by atoms with E-state index in [0.29, 0.717) is 30.9 Å². The lowest BCUT2D eigenvalue weighted by atomic mass is 10.1. The van der Waals surface area contributed by atoms with E-state index in [1.54, 1.807) is 29.2 Å². The summed E-state index contributed by atoms with van der Waals surface area (Å²) >= 11 is 0. The number of carbonyl (C=O) groups excluding carboxylic acids is 3. The first-order valence-corrected chi connectivity index (χ1v) is 10.6. The number of rotatable bonds is 9. The second kappa shape index (κ2) is 10.7. The maximum Gasteiger partial charge on any atom is 0.251 e. The van der Waals surface area contributed by atoms with Gasteiger partial charge in [0.05, 0.1) is 12.0 Å². The van der Waals surface area contributed by atoms with Gasteiger partial charge in [0.2, 0.25) is 11.8 Å². The fourth-order valence-corrected chi connectivity index (χ4v) is 3.39. The van der Waals surface area contributed by atoms with Crippen LogP contribution in [0.2, 0.25) is 0 Å². The van der Waals surface area contributed by atoms with Crippen molar-refractivity contribution in [3.8, 4) is 0 Å². The van der Waals surface area contributed by atoms with E-state index >= 15 is 0 Å². The van der Waals surface area contributed by atoms with Crippen LogP contribution in [0.1, 0.15) is 37.0 Å². The third-order valence-electron chi connectivity index (χ3n) is 5.04. The molecule has 164 valence electrons. The van der Waals surface area contributed by atoms with Crippen molar-refractivity contribution in [2.24, 2.45) is 5.92 Å². The highest BCUT2D eigenvalue weighted by atomic mass is 16.5. The van der Waals surface area contributed by atoms with Gasteiger partial charge in [-0.2, -0.15) is 0 Å². The van der Waals surface area contributed by atoms with Gasteiger partial charge in [0.25, 0.3) is 5.91 Å². The highest BCUT2D eigenvalue weighted by Gasteiger charge is 2.35. The van der Waals surface area contributed by atoms with Crippen molar-refractivity contribution in [1.82, 2.24) is 5.32 Å². The van der Waals surface area contributed by atoms with E-state index < -0.39 is 5.92 Å². The number of benzene rings is 2. The Morgan fingerprint density at radius 3 is 2.48 bits per heavy atom. The van der Waals surface area contributed by atoms with Crippen LogP contribution in [0.25, 0.3) is 0 Å². The van der Waals surface area contributed by atoms with Gasteiger partial charge in [-0.1, -0.05) is 18.2 Å². The topological polar surface area (TPSA) is 87.7 Å². The molecule has 0 saturated carbocycles.